The van der Waals surface area contributed by atoms with E-state index in [1.54, 1.807) is 4.90 Å². The van der Waals surface area contributed by atoms with Crippen molar-refractivity contribution < 1.29 is 9.59 Å². The fourth-order valence-corrected chi connectivity index (χ4v) is 2.90. The van der Waals surface area contributed by atoms with Gasteiger partial charge in [-0.05, 0) is 49.9 Å². The molecule has 1 aromatic rings. The van der Waals surface area contributed by atoms with Gasteiger partial charge in [-0.25, -0.2) is 0 Å². The number of hydrogen-bond donors (Lipinski definition) is 0. The highest BCUT2D eigenvalue weighted by Gasteiger charge is 2.35. The quantitative estimate of drug-likeness (QED) is 0.793. The van der Waals surface area contributed by atoms with Gasteiger partial charge in [0.2, 0.25) is 5.91 Å². The third kappa shape index (κ3) is 2.92. The molecule has 1 amide bonds. The predicted molar refractivity (Wildman–Crippen MR) is 80.8 cm³/mol. The van der Waals surface area contributed by atoms with Gasteiger partial charge in [-0.2, -0.15) is 0 Å². The molecular formula is C17H23NO2. The second-order valence-electron chi connectivity index (χ2n) is 6.09. The van der Waals surface area contributed by atoms with Gasteiger partial charge in [0.1, 0.15) is 5.78 Å². The Kier molecular flexibility index (Phi) is 4.26. The van der Waals surface area contributed by atoms with Crippen LogP contribution in [0.15, 0.2) is 18.2 Å². The Hall–Kier alpha value is -1.64. The molecule has 1 heterocycles. The first-order valence-electron chi connectivity index (χ1n) is 7.33. The molecule has 1 saturated heterocycles. The Bertz CT molecular complexity index is 514. The molecule has 1 fully saturated rings. The summed E-state index contributed by atoms with van der Waals surface area (Å²) in [5, 5.41) is 0. The third-order valence-electron chi connectivity index (χ3n) is 3.87. The van der Waals surface area contributed by atoms with Crippen LogP contribution in [-0.2, 0) is 9.59 Å². The molecule has 0 bridgehead atoms. The van der Waals surface area contributed by atoms with Crippen molar-refractivity contribution in [2.75, 3.05) is 11.4 Å². The minimum absolute atomic E-state index is 0.0278. The summed E-state index contributed by atoms with van der Waals surface area (Å²) >= 11 is 0. The molecule has 1 aromatic carbocycles. The molecule has 108 valence electrons. The summed E-state index contributed by atoms with van der Waals surface area (Å²) in [6, 6.07) is 6.13. The summed E-state index contributed by atoms with van der Waals surface area (Å²) in [5.74, 6) is -0.489. The smallest absolute Gasteiger partial charge is 0.237 e. The standard InChI is InChI=1S/C17H23NO2/c1-11(2)16(19)15-6-5-7-18(17(15)20)14-9-12(3)8-13(4)10-14/h8-11,15H,5-7H2,1-4H3/t15-/m1/s1. The lowest BCUT2D eigenvalue weighted by atomic mass is 9.87. The predicted octanol–water partition coefficient (Wildman–Crippen LogP) is 3.27. The SMILES string of the molecule is Cc1cc(C)cc(N2CCC[C@H](C(=O)C(C)C)C2=O)c1. The molecule has 2 rings (SSSR count). The molecule has 0 spiro atoms. The second-order valence-corrected chi connectivity index (χ2v) is 6.09. The lowest BCUT2D eigenvalue weighted by Crippen LogP contribution is -2.45. The number of benzene rings is 1. The van der Waals surface area contributed by atoms with E-state index < -0.39 is 5.92 Å². The van der Waals surface area contributed by atoms with Crippen LogP contribution >= 0.6 is 0 Å². The number of rotatable bonds is 3. The number of hydrogen-bond acceptors (Lipinski definition) is 2. The average Bonchev–Trinajstić information content (AvgIpc) is 2.36. The highest BCUT2D eigenvalue weighted by Crippen LogP contribution is 2.28. The van der Waals surface area contributed by atoms with Gasteiger partial charge in [-0.15, -0.1) is 0 Å². The van der Waals surface area contributed by atoms with Crippen molar-refractivity contribution in [1.29, 1.82) is 0 Å². The number of ketones is 1. The van der Waals surface area contributed by atoms with E-state index in [-0.39, 0.29) is 17.6 Å². The van der Waals surface area contributed by atoms with Crippen LogP contribution in [0.4, 0.5) is 5.69 Å². The van der Waals surface area contributed by atoms with Crippen molar-refractivity contribution in [3.05, 3.63) is 29.3 Å². The summed E-state index contributed by atoms with van der Waals surface area (Å²) in [4.78, 5) is 26.6. The number of carbonyl (C=O) groups excluding carboxylic acids is 2. The zero-order valence-corrected chi connectivity index (χ0v) is 12.8. The van der Waals surface area contributed by atoms with Crippen LogP contribution in [-0.4, -0.2) is 18.2 Å². The lowest BCUT2D eigenvalue weighted by molar-refractivity contribution is -0.135. The van der Waals surface area contributed by atoms with Crippen LogP contribution in [0.1, 0.15) is 37.8 Å². The minimum atomic E-state index is -0.454. The molecular weight excluding hydrogens is 250 g/mol. The Balaban J connectivity index is 2.28. The van der Waals surface area contributed by atoms with Crippen molar-refractivity contribution in [2.45, 2.75) is 40.5 Å². The Labute approximate surface area is 121 Å². The molecule has 0 N–H and O–H groups in total. The Morgan fingerprint density at radius 2 is 1.80 bits per heavy atom. The van der Waals surface area contributed by atoms with Gasteiger partial charge in [-0.3, -0.25) is 9.59 Å². The molecule has 20 heavy (non-hydrogen) atoms. The summed E-state index contributed by atoms with van der Waals surface area (Å²) < 4.78 is 0. The Morgan fingerprint density at radius 3 is 2.35 bits per heavy atom. The van der Waals surface area contributed by atoms with E-state index in [0.717, 1.165) is 23.2 Å². The first-order valence-corrected chi connectivity index (χ1v) is 7.33. The number of anilines is 1. The zero-order chi connectivity index (χ0) is 14.9. The maximum atomic E-state index is 12.6. The van der Waals surface area contributed by atoms with Crippen LogP contribution < -0.4 is 4.90 Å². The molecule has 0 saturated carbocycles. The van der Waals surface area contributed by atoms with E-state index in [1.165, 1.54) is 0 Å². The van der Waals surface area contributed by atoms with Crippen LogP contribution in [0.2, 0.25) is 0 Å². The van der Waals surface area contributed by atoms with Crippen molar-refractivity contribution in [3.8, 4) is 0 Å². The van der Waals surface area contributed by atoms with E-state index >= 15 is 0 Å². The lowest BCUT2D eigenvalue weighted by Gasteiger charge is -2.32. The molecule has 1 atom stereocenters. The average molecular weight is 273 g/mol. The van der Waals surface area contributed by atoms with Crippen molar-refractivity contribution in [2.24, 2.45) is 11.8 Å². The van der Waals surface area contributed by atoms with Gasteiger partial charge in [-0.1, -0.05) is 19.9 Å². The van der Waals surface area contributed by atoms with Gasteiger partial charge in [0.25, 0.3) is 0 Å². The van der Waals surface area contributed by atoms with Gasteiger partial charge in [0.15, 0.2) is 0 Å². The molecule has 0 unspecified atom stereocenters. The van der Waals surface area contributed by atoms with Crippen LogP contribution in [0.3, 0.4) is 0 Å². The topological polar surface area (TPSA) is 37.4 Å². The number of amides is 1. The summed E-state index contributed by atoms with van der Waals surface area (Å²) in [6.07, 6.45) is 1.58. The minimum Gasteiger partial charge on any atom is -0.312 e. The van der Waals surface area contributed by atoms with E-state index in [1.807, 2.05) is 39.8 Å². The van der Waals surface area contributed by atoms with Crippen molar-refractivity contribution >= 4 is 17.4 Å². The maximum Gasteiger partial charge on any atom is 0.237 e. The number of nitrogens with zero attached hydrogens (tertiary/aromatic N) is 1. The van der Waals surface area contributed by atoms with Crippen molar-refractivity contribution in [3.63, 3.8) is 0 Å². The monoisotopic (exact) mass is 273 g/mol. The summed E-state index contributed by atoms with van der Waals surface area (Å²) in [6.45, 7) is 8.50. The highest BCUT2D eigenvalue weighted by atomic mass is 16.2. The van der Waals surface area contributed by atoms with Crippen LogP contribution in [0.25, 0.3) is 0 Å². The molecule has 0 aromatic heterocycles. The zero-order valence-electron chi connectivity index (χ0n) is 12.8. The summed E-state index contributed by atoms with van der Waals surface area (Å²) in [5.41, 5.74) is 3.21. The van der Waals surface area contributed by atoms with E-state index in [2.05, 4.69) is 6.07 Å². The third-order valence-corrected chi connectivity index (χ3v) is 3.87. The first kappa shape index (κ1) is 14.8. The Morgan fingerprint density at radius 1 is 1.20 bits per heavy atom. The molecule has 3 nitrogen and oxygen atoms in total. The van der Waals surface area contributed by atoms with Crippen LogP contribution in [0.5, 0.6) is 0 Å². The normalized spacial score (nSPS) is 19.6. The number of piperidine rings is 1. The second kappa shape index (κ2) is 5.78. The fourth-order valence-electron chi connectivity index (χ4n) is 2.90. The van der Waals surface area contributed by atoms with E-state index in [9.17, 15) is 9.59 Å². The van der Waals surface area contributed by atoms with Gasteiger partial charge < -0.3 is 4.90 Å². The largest absolute Gasteiger partial charge is 0.312 e. The fraction of sp³-hybridized carbons (Fsp3) is 0.529. The molecule has 0 radical (unpaired) electrons. The van der Waals surface area contributed by atoms with Crippen molar-refractivity contribution in [1.82, 2.24) is 0 Å². The maximum absolute atomic E-state index is 12.6. The van der Waals surface area contributed by atoms with Gasteiger partial charge >= 0.3 is 0 Å². The number of carbonyl (C=O) groups is 2. The number of aryl methyl sites for hydroxylation is 2. The van der Waals surface area contributed by atoms with E-state index in [0.29, 0.717) is 13.0 Å². The molecule has 1 aliphatic rings. The highest BCUT2D eigenvalue weighted by molar-refractivity contribution is 6.09. The first-order chi connectivity index (χ1) is 9.40. The van der Waals surface area contributed by atoms with Gasteiger partial charge in [0.05, 0.1) is 5.92 Å². The number of Topliss-reactive ketones (excluding diaryl/α,β-unsaturated/α-hetero) is 1. The molecule has 1 aliphatic heterocycles. The molecule has 0 aliphatic carbocycles. The summed E-state index contributed by atoms with van der Waals surface area (Å²) in [7, 11) is 0. The molecule has 3 heteroatoms. The van der Waals surface area contributed by atoms with Crippen LogP contribution in [0, 0.1) is 25.7 Å². The van der Waals surface area contributed by atoms with E-state index in [4.69, 9.17) is 0 Å². The van der Waals surface area contributed by atoms with Gasteiger partial charge in [0, 0.05) is 18.2 Å².